The van der Waals surface area contributed by atoms with E-state index in [4.69, 9.17) is 0 Å². The summed E-state index contributed by atoms with van der Waals surface area (Å²) in [5.74, 6) is -0.697. The molecule has 8 heterocycles. The van der Waals surface area contributed by atoms with Crippen molar-refractivity contribution < 1.29 is 55.0 Å². The van der Waals surface area contributed by atoms with Crippen LogP contribution in [0.15, 0.2) is 126 Å². The molecule has 2 atom stereocenters. The fraction of sp³-hybridized carbons (Fsp3) is 0.269. The van der Waals surface area contributed by atoms with Gasteiger partial charge >= 0.3 is 12.7 Å². The summed E-state index contributed by atoms with van der Waals surface area (Å²) in [6.07, 6.45) is -4.01. The molecule has 4 amide bonds. The maximum Gasteiger partial charge on any atom is 0.573 e. The molecule has 0 aliphatic carbocycles. The van der Waals surface area contributed by atoms with Crippen LogP contribution < -0.4 is 41.0 Å². The predicted octanol–water partition coefficient (Wildman–Crippen LogP) is 7.99. The van der Waals surface area contributed by atoms with Gasteiger partial charge in [0, 0.05) is 68.3 Å². The van der Waals surface area contributed by atoms with Gasteiger partial charge in [0.25, 0.3) is 11.8 Å². The quantitative estimate of drug-likeness (QED) is 0.0540. The molecule has 6 aromatic heterocycles. The Morgan fingerprint density at radius 3 is 1.59 bits per heavy atom. The van der Waals surface area contributed by atoms with Crippen molar-refractivity contribution >= 4 is 79.0 Å². The smallest absolute Gasteiger partial charge is 0.406 e. The van der Waals surface area contributed by atoms with Gasteiger partial charge in [-0.15, -0.1) is 56.9 Å². The van der Waals surface area contributed by atoms with Gasteiger partial charge in [-0.2, -0.15) is 10.2 Å². The maximum absolute atomic E-state index is 12.6. The van der Waals surface area contributed by atoms with Gasteiger partial charge in [-0.1, -0.05) is 59.1 Å². The number of halogens is 7. The van der Waals surface area contributed by atoms with Gasteiger partial charge in [-0.25, -0.2) is 0 Å². The minimum atomic E-state index is -4.80. The van der Waals surface area contributed by atoms with Gasteiger partial charge in [0.15, 0.2) is 15.6 Å². The Bertz CT molecular complexity index is 3420. The number of alkyl halides is 6. The minimum absolute atomic E-state index is 0.00709. The average molecular weight is 1250 g/mol. The molecule has 83 heavy (non-hydrogen) atoms. The highest BCUT2D eigenvalue weighted by Gasteiger charge is 2.32. The summed E-state index contributed by atoms with van der Waals surface area (Å²) in [4.78, 5) is 58.7. The van der Waals surface area contributed by atoms with E-state index >= 15 is 0 Å². The van der Waals surface area contributed by atoms with Crippen molar-refractivity contribution in [3.8, 4) is 11.5 Å². The highest BCUT2D eigenvalue weighted by atomic mass is 79.9. The molecule has 22 nitrogen and oxygen atoms in total. The molecule has 0 spiro atoms. The molecule has 8 aromatic rings. The Balaban J connectivity index is 0.000000180. The Labute approximate surface area is 484 Å². The van der Waals surface area contributed by atoms with Crippen LogP contribution in [-0.4, -0.2) is 113 Å². The van der Waals surface area contributed by atoms with E-state index in [0.29, 0.717) is 56.5 Å². The molecule has 0 bridgehead atoms. The largest absolute Gasteiger partial charge is 0.573 e. The van der Waals surface area contributed by atoms with Crippen LogP contribution in [0.1, 0.15) is 78.2 Å². The number of ether oxygens (including phenoxy) is 2. The predicted molar refractivity (Wildman–Crippen MR) is 293 cm³/mol. The van der Waals surface area contributed by atoms with E-state index in [1.165, 1.54) is 36.4 Å². The average Bonchev–Trinajstić information content (AvgIpc) is 4.37. The Morgan fingerprint density at radius 2 is 1.13 bits per heavy atom. The molecule has 2 aromatic carbocycles. The lowest BCUT2D eigenvalue weighted by atomic mass is 10.1. The lowest BCUT2D eigenvalue weighted by Gasteiger charge is -2.14. The first-order valence-electron chi connectivity index (χ1n) is 25.0. The Hall–Kier alpha value is -8.68. The van der Waals surface area contributed by atoms with Crippen LogP contribution >= 0.6 is 38.6 Å². The second kappa shape index (κ2) is 28.8. The summed E-state index contributed by atoms with van der Waals surface area (Å²) in [7, 11) is 0. The van der Waals surface area contributed by atoms with Gasteiger partial charge in [0.1, 0.15) is 11.5 Å². The SMILES string of the molecule is O=C(Cc1ccccn1)Nc1ccc(C2CCN(c3nnc(C(=O)NCc4cccc(OC(F)(F)F)c4)s3)C2)nn1.O=C(Cc1ccccn1)Nc1ccc(C2CCNC2)nn1.O=C(NCc1cccc(OC(F)(F)F)c1)c1nnc(Br)s1. The van der Waals surface area contributed by atoms with Crippen LogP contribution in [0.2, 0.25) is 0 Å². The second-order valence-electron chi connectivity index (χ2n) is 17.9. The zero-order valence-corrected chi connectivity index (χ0v) is 46.3. The number of aromatic nitrogens is 10. The van der Waals surface area contributed by atoms with Gasteiger partial charge in [0.2, 0.25) is 27.0 Å². The van der Waals surface area contributed by atoms with Crippen molar-refractivity contribution in [3.05, 3.63) is 169 Å². The van der Waals surface area contributed by atoms with E-state index in [1.807, 2.05) is 41.3 Å². The lowest BCUT2D eigenvalue weighted by Crippen LogP contribution is -2.23. The molecular weight excluding hydrogens is 1200 g/mol. The number of nitrogens with one attached hydrogen (secondary N) is 5. The fourth-order valence-electron chi connectivity index (χ4n) is 8.00. The molecule has 31 heteroatoms. The number of nitrogens with zero attached hydrogens (tertiary/aromatic N) is 11. The standard InChI is InChI=1S/C26H23F3N8O3S.C15H17N5O.C11H7BrF3N3O2S/c27-26(28,29)40-19-6-3-4-16(12-19)14-31-23(39)24-35-36-25(41-24)37-11-9-17(15-37)20-7-8-21(34-33-20)32-22(38)13-18-5-1-2-10-30-18;21-15(9-12-3-1-2-7-17-12)18-14-5-4-13(19-20-14)11-6-8-16-10-11;12-10-18-17-9(21-10)8(19)16-5-6-2-1-3-7(4-6)20-11(13,14)15/h1-8,10,12,17H,9,11,13-15H2,(H,31,39)(H,32,34,38);1-5,7,11,16H,6,8-10H2,(H,18,20,21);1-4H,5H2,(H,16,19). The van der Waals surface area contributed by atoms with Gasteiger partial charge in [0.05, 0.1) is 24.2 Å². The maximum atomic E-state index is 12.6. The lowest BCUT2D eigenvalue weighted by molar-refractivity contribution is -0.275. The molecular formula is C52H47BrF6N16O6S2. The topological polar surface area (TPSA) is 279 Å². The number of hydrogen-bond donors (Lipinski definition) is 5. The van der Waals surface area contributed by atoms with Crippen molar-refractivity contribution in [2.75, 3.05) is 41.7 Å². The van der Waals surface area contributed by atoms with Crippen molar-refractivity contribution in [1.82, 2.24) is 66.7 Å². The fourth-order valence-corrected chi connectivity index (χ4v) is 9.82. The first-order valence-corrected chi connectivity index (χ1v) is 27.4. The minimum Gasteiger partial charge on any atom is -0.406 e. The summed E-state index contributed by atoms with van der Waals surface area (Å²) < 4.78 is 81.8. The molecule has 2 unspecified atom stereocenters. The highest BCUT2D eigenvalue weighted by Crippen LogP contribution is 2.32. The molecule has 0 radical (unpaired) electrons. The van der Waals surface area contributed by atoms with E-state index in [2.05, 4.69) is 103 Å². The summed E-state index contributed by atoms with van der Waals surface area (Å²) >= 11 is 5.25. The second-order valence-corrected chi connectivity index (χ2v) is 21.1. The Morgan fingerprint density at radius 1 is 0.602 bits per heavy atom. The third kappa shape index (κ3) is 19.8. The van der Waals surface area contributed by atoms with Gasteiger partial charge < -0.3 is 41.0 Å². The highest BCUT2D eigenvalue weighted by molar-refractivity contribution is 9.11. The van der Waals surface area contributed by atoms with Crippen molar-refractivity contribution in [1.29, 1.82) is 0 Å². The first kappa shape index (κ1) is 60.4. The zero-order valence-electron chi connectivity index (χ0n) is 43.1. The molecule has 0 saturated carbocycles. The summed E-state index contributed by atoms with van der Waals surface area (Å²) in [6.45, 7) is 3.28. The molecule has 5 N–H and O–H groups in total. The van der Waals surface area contributed by atoms with E-state index in [-0.39, 0.29) is 65.2 Å². The molecule has 2 aliphatic rings. The van der Waals surface area contributed by atoms with Gasteiger partial charge in [-0.3, -0.25) is 29.1 Å². The monoisotopic (exact) mass is 1250 g/mol. The molecule has 2 fully saturated rings. The summed E-state index contributed by atoms with van der Waals surface area (Å²) in [5.41, 5.74) is 4.04. The third-order valence-corrected chi connectivity index (χ3v) is 14.1. The number of carbonyl (C=O) groups excluding carboxylic acids is 4. The Kier molecular flexibility index (Phi) is 21.0. The molecule has 2 aliphatic heterocycles. The van der Waals surface area contributed by atoms with E-state index < -0.39 is 24.5 Å². The summed E-state index contributed by atoms with van der Waals surface area (Å²) in [6, 6.07) is 28.9. The third-order valence-electron chi connectivity index (χ3n) is 11.8. The molecule has 2 saturated heterocycles. The number of amides is 4. The van der Waals surface area contributed by atoms with Crippen molar-refractivity contribution in [2.24, 2.45) is 0 Å². The normalized spacial score (nSPS) is 14.7. The molecule has 10 rings (SSSR count). The van der Waals surface area contributed by atoms with E-state index in [0.717, 1.165) is 65.7 Å². The van der Waals surface area contributed by atoms with Crippen LogP contribution in [0.4, 0.5) is 43.1 Å². The van der Waals surface area contributed by atoms with Crippen LogP contribution in [-0.2, 0) is 35.5 Å². The number of benzene rings is 2. The van der Waals surface area contributed by atoms with Crippen LogP contribution in [0, 0.1) is 0 Å². The first-order chi connectivity index (χ1) is 39.9. The zero-order chi connectivity index (χ0) is 58.8. The number of rotatable bonds is 17. The number of anilines is 3. The number of carbonyl (C=O) groups is 4. The van der Waals surface area contributed by atoms with Crippen LogP contribution in [0.3, 0.4) is 0 Å². The number of pyridine rings is 2. The van der Waals surface area contributed by atoms with E-state index in [9.17, 15) is 45.5 Å². The summed E-state index contributed by atoms with van der Waals surface area (Å²) in [5, 5.41) is 46.9. The van der Waals surface area contributed by atoms with Crippen LogP contribution in [0.5, 0.6) is 11.5 Å². The van der Waals surface area contributed by atoms with Gasteiger partial charge in [-0.05, 0) is 119 Å². The van der Waals surface area contributed by atoms with Crippen LogP contribution in [0.25, 0.3) is 0 Å². The van der Waals surface area contributed by atoms with E-state index in [1.54, 1.807) is 48.8 Å². The number of hydrogen-bond acceptors (Lipinski definition) is 20. The molecule has 432 valence electrons. The van der Waals surface area contributed by atoms with Crippen molar-refractivity contribution in [3.63, 3.8) is 0 Å². The van der Waals surface area contributed by atoms with Crippen molar-refractivity contribution in [2.45, 2.75) is 63.3 Å².